The smallest absolute Gasteiger partial charge is 0.257 e. The molecular weight excluding hydrogens is 450 g/mol. The monoisotopic (exact) mass is 481 g/mol. The van der Waals surface area contributed by atoms with Crippen LogP contribution in [0.15, 0.2) is 72.9 Å². The molecule has 2 amide bonds. The largest absolute Gasteiger partial charge is 0.369 e. The number of hydrogen-bond acceptors (Lipinski definition) is 5. The van der Waals surface area contributed by atoms with Gasteiger partial charge in [-0.2, -0.15) is 0 Å². The molecule has 184 valence electrons. The van der Waals surface area contributed by atoms with Crippen molar-refractivity contribution in [3.8, 4) is 0 Å². The van der Waals surface area contributed by atoms with E-state index in [9.17, 15) is 9.59 Å². The second-order valence-corrected chi connectivity index (χ2v) is 9.43. The fraction of sp³-hybridized carbons (Fsp3) is 0.241. The molecule has 0 atom stereocenters. The summed E-state index contributed by atoms with van der Waals surface area (Å²) in [6.45, 7) is 5.71. The van der Waals surface area contributed by atoms with Crippen LogP contribution in [-0.2, 0) is 16.0 Å². The van der Waals surface area contributed by atoms with Crippen LogP contribution in [0.25, 0.3) is 5.57 Å². The number of carbonyl (C=O) groups is 2. The maximum Gasteiger partial charge on any atom is 0.257 e. The third-order valence-electron chi connectivity index (χ3n) is 6.67. The first-order valence-corrected chi connectivity index (χ1v) is 12.3. The number of carbonyl (C=O) groups excluding carboxylic acids is 2. The molecule has 0 aliphatic carbocycles. The molecule has 3 aromatic carbocycles. The number of anilines is 4. The van der Waals surface area contributed by atoms with Gasteiger partial charge < -0.3 is 25.8 Å². The topological polar surface area (TPSA) is 76.7 Å². The van der Waals surface area contributed by atoms with Gasteiger partial charge in [0.25, 0.3) is 5.91 Å². The van der Waals surface area contributed by atoms with Crippen LogP contribution in [0.1, 0.15) is 23.6 Å². The van der Waals surface area contributed by atoms with E-state index in [1.54, 1.807) is 6.20 Å². The van der Waals surface area contributed by atoms with Gasteiger partial charge in [-0.25, -0.2) is 0 Å². The lowest BCUT2D eigenvalue weighted by atomic mass is 9.99. The standard InChI is InChI=1S/C29H31N5O2/c1-20(35)31-24-6-3-21(4-7-24)17-22-5-12-28-26(18-22)27(29(36)32-28)19-30-23-8-10-25(11-9-23)34-15-13-33(2)14-16-34/h3-12,18-19,30H,13-17H2,1-2H3,(H,31,35)(H,32,36)/b27-19+. The molecular formula is C29H31N5O2. The average molecular weight is 482 g/mol. The minimum absolute atomic E-state index is 0.0857. The Kier molecular flexibility index (Phi) is 6.73. The summed E-state index contributed by atoms with van der Waals surface area (Å²) in [4.78, 5) is 28.6. The van der Waals surface area contributed by atoms with Gasteiger partial charge in [-0.3, -0.25) is 9.59 Å². The van der Waals surface area contributed by atoms with Crippen molar-refractivity contribution in [2.45, 2.75) is 13.3 Å². The van der Waals surface area contributed by atoms with Gasteiger partial charge in [0.1, 0.15) is 0 Å². The summed E-state index contributed by atoms with van der Waals surface area (Å²) in [7, 11) is 2.16. The number of fused-ring (bicyclic) bond motifs is 1. The lowest BCUT2D eigenvalue weighted by molar-refractivity contribution is -0.114. The zero-order valence-corrected chi connectivity index (χ0v) is 20.7. The number of nitrogens with zero attached hydrogens (tertiary/aromatic N) is 2. The third-order valence-corrected chi connectivity index (χ3v) is 6.67. The van der Waals surface area contributed by atoms with E-state index in [1.165, 1.54) is 12.6 Å². The van der Waals surface area contributed by atoms with Crippen LogP contribution < -0.4 is 20.9 Å². The Bertz CT molecular complexity index is 1290. The van der Waals surface area contributed by atoms with E-state index < -0.39 is 0 Å². The van der Waals surface area contributed by atoms with E-state index in [0.29, 0.717) is 5.57 Å². The molecule has 2 aliphatic heterocycles. The quantitative estimate of drug-likeness (QED) is 0.455. The summed E-state index contributed by atoms with van der Waals surface area (Å²) in [6.07, 6.45) is 2.52. The Labute approximate surface area is 211 Å². The highest BCUT2D eigenvalue weighted by atomic mass is 16.2. The van der Waals surface area contributed by atoms with Crippen molar-refractivity contribution in [2.75, 3.05) is 54.1 Å². The molecule has 36 heavy (non-hydrogen) atoms. The minimum atomic E-state index is -0.108. The molecule has 3 N–H and O–H groups in total. The SMILES string of the molecule is CC(=O)Nc1ccc(Cc2ccc3c(c2)/C(=C\Nc2ccc(N4CCN(C)CC4)cc2)C(=O)N3)cc1. The van der Waals surface area contributed by atoms with Crippen molar-refractivity contribution in [2.24, 2.45) is 0 Å². The Hall–Kier alpha value is -4.10. The Balaban J connectivity index is 1.27. The van der Waals surface area contributed by atoms with Gasteiger partial charge in [0.2, 0.25) is 5.91 Å². The van der Waals surface area contributed by atoms with Gasteiger partial charge in [-0.05, 0) is 73.1 Å². The predicted molar refractivity (Wildman–Crippen MR) is 146 cm³/mol. The van der Waals surface area contributed by atoms with E-state index in [2.05, 4.69) is 63.1 Å². The molecule has 0 radical (unpaired) electrons. The molecule has 3 aromatic rings. The summed E-state index contributed by atoms with van der Waals surface area (Å²) in [5.41, 5.74) is 7.53. The number of rotatable bonds is 6. The van der Waals surface area contributed by atoms with Crippen LogP contribution in [0, 0.1) is 0 Å². The number of nitrogens with one attached hydrogen (secondary N) is 3. The van der Waals surface area contributed by atoms with Crippen LogP contribution in [-0.4, -0.2) is 49.9 Å². The van der Waals surface area contributed by atoms with E-state index in [1.807, 2.05) is 36.4 Å². The maximum absolute atomic E-state index is 12.7. The van der Waals surface area contributed by atoms with E-state index in [4.69, 9.17) is 0 Å². The molecule has 5 rings (SSSR count). The Morgan fingerprint density at radius 1 is 0.917 bits per heavy atom. The van der Waals surface area contributed by atoms with Gasteiger partial charge in [-0.15, -0.1) is 0 Å². The van der Waals surface area contributed by atoms with E-state index in [-0.39, 0.29) is 11.8 Å². The van der Waals surface area contributed by atoms with Crippen LogP contribution in [0.3, 0.4) is 0 Å². The zero-order valence-electron chi connectivity index (χ0n) is 20.7. The molecule has 1 fully saturated rings. The van der Waals surface area contributed by atoms with Gasteiger partial charge in [0, 0.05) is 67.6 Å². The maximum atomic E-state index is 12.7. The van der Waals surface area contributed by atoms with Crippen LogP contribution in [0.5, 0.6) is 0 Å². The zero-order chi connectivity index (χ0) is 25.1. The van der Waals surface area contributed by atoms with Gasteiger partial charge in [0.15, 0.2) is 0 Å². The second-order valence-electron chi connectivity index (χ2n) is 9.43. The molecule has 1 saturated heterocycles. The van der Waals surface area contributed by atoms with Crippen molar-refractivity contribution in [3.05, 3.63) is 89.6 Å². The minimum Gasteiger partial charge on any atom is -0.369 e. The molecule has 7 nitrogen and oxygen atoms in total. The lowest BCUT2D eigenvalue weighted by Gasteiger charge is -2.34. The van der Waals surface area contributed by atoms with Crippen molar-refractivity contribution in [3.63, 3.8) is 0 Å². The third kappa shape index (κ3) is 5.42. The highest BCUT2D eigenvalue weighted by Crippen LogP contribution is 2.33. The number of benzene rings is 3. The molecule has 7 heteroatoms. The number of amides is 2. The van der Waals surface area contributed by atoms with Crippen molar-refractivity contribution < 1.29 is 9.59 Å². The van der Waals surface area contributed by atoms with Crippen LogP contribution in [0.4, 0.5) is 22.7 Å². The van der Waals surface area contributed by atoms with Gasteiger partial charge in [-0.1, -0.05) is 18.2 Å². The number of hydrogen-bond donors (Lipinski definition) is 3. The van der Waals surface area contributed by atoms with E-state index >= 15 is 0 Å². The first-order valence-electron chi connectivity index (χ1n) is 12.3. The van der Waals surface area contributed by atoms with Crippen molar-refractivity contribution in [1.29, 1.82) is 0 Å². The first-order chi connectivity index (χ1) is 17.4. The molecule has 2 aliphatic rings. The Morgan fingerprint density at radius 2 is 1.58 bits per heavy atom. The van der Waals surface area contributed by atoms with Crippen molar-refractivity contribution in [1.82, 2.24) is 4.90 Å². The molecule has 0 unspecified atom stereocenters. The summed E-state index contributed by atoms with van der Waals surface area (Å²) in [5.74, 6) is -0.194. The lowest BCUT2D eigenvalue weighted by Crippen LogP contribution is -2.44. The molecule has 0 bridgehead atoms. The molecule has 2 heterocycles. The summed E-state index contributed by atoms with van der Waals surface area (Å²) < 4.78 is 0. The average Bonchev–Trinajstić information content (AvgIpc) is 3.18. The fourth-order valence-corrected chi connectivity index (χ4v) is 4.62. The van der Waals surface area contributed by atoms with Crippen LogP contribution >= 0.6 is 0 Å². The molecule has 0 aromatic heterocycles. The highest BCUT2D eigenvalue weighted by molar-refractivity contribution is 6.31. The summed E-state index contributed by atoms with van der Waals surface area (Å²) in [6, 6.07) is 22.2. The van der Waals surface area contributed by atoms with Crippen LogP contribution in [0.2, 0.25) is 0 Å². The van der Waals surface area contributed by atoms with Gasteiger partial charge in [0.05, 0.1) is 5.57 Å². The first kappa shape index (κ1) is 23.6. The van der Waals surface area contributed by atoms with E-state index in [0.717, 1.165) is 66.4 Å². The Morgan fingerprint density at radius 3 is 2.28 bits per heavy atom. The van der Waals surface area contributed by atoms with Gasteiger partial charge >= 0.3 is 0 Å². The fourth-order valence-electron chi connectivity index (χ4n) is 4.62. The summed E-state index contributed by atoms with van der Waals surface area (Å²) >= 11 is 0. The summed E-state index contributed by atoms with van der Waals surface area (Å²) in [5, 5.41) is 9.05. The van der Waals surface area contributed by atoms with Crippen molar-refractivity contribution >= 4 is 40.1 Å². The normalized spacial score (nSPS) is 16.6. The number of likely N-dealkylation sites (N-methyl/N-ethyl adjacent to an activating group) is 1. The second kappa shape index (κ2) is 10.3. The molecule has 0 spiro atoms. The molecule has 0 saturated carbocycles. The number of piperazine rings is 1. The predicted octanol–water partition coefficient (Wildman–Crippen LogP) is 4.39. The highest BCUT2D eigenvalue weighted by Gasteiger charge is 2.24.